The summed E-state index contributed by atoms with van der Waals surface area (Å²) in [6.45, 7) is 2.36. The SMILES string of the molecule is N#CC1CCN(Cc2cn(-c3ccc(Cl)c(Cl)c3)nc2C=O)CC1. The third-order valence-corrected chi connectivity index (χ3v) is 5.01. The minimum atomic E-state index is 0.144. The lowest BCUT2D eigenvalue weighted by Gasteiger charge is -2.28. The molecule has 0 N–H and O–H groups in total. The van der Waals surface area contributed by atoms with Crippen LogP contribution in [-0.2, 0) is 6.54 Å². The third kappa shape index (κ3) is 3.62. The van der Waals surface area contributed by atoms with Crippen molar-refractivity contribution in [2.24, 2.45) is 5.92 Å². The molecule has 3 rings (SSSR count). The Kier molecular flexibility index (Phi) is 5.20. The van der Waals surface area contributed by atoms with Gasteiger partial charge in [-0.1, -0.05) is 23.2 Å². The van der Waals surface area contributed by atoms with Crippen molar-refractivity contribution in [3.8, 4) is 11.8 Å². The third-order valence-electron chi connectivity index (χ3n) is 4.27. The molecule has 1 aliphatic heterocycles. The lowest BCUT2D eigenvalue weighted by Crippen LogP contribution is -2.32. The van der Waals surface area contributed by atoms with E-state index in [1.165, 1.54) is 0 Å². The molecule has 1 aliphatic rings. The van der Waals surface area contributed by atoms with Gasteiger partial charge in [-0.15, -0.1) is 0 Å². The van der Waals surface area contributed by atoms with E-state index in [1.54, 1.807) is 22.9 Å². The van der Waals surface area contributed by atoms with E-state index in [9.17, 15) is 4.79 Å². The molecule has 0 radical (unpaired) electrons. The first kappa shape index (κ1) is 17.0. The maximum atomic E-state index is 11.3. The number of piperidine rings is 1. The van der Waals surface area contributed by atoms with E-state index in [0.29, 0.717) is 22.3 Å². The molecule has 0 bridgehead atoms. The smallest absolute Gasteiger partial charge is 0.170 e. The lowest BCUT2D eigenvalue weighted by atomic mass is 9.98. The zero-order valence-electron chi connectivity index (χ0n) is 13.0. The van der Waals surface area contributed by atoms with E-state index in [1.807, 2.05) is 6.20 Å². The Balaban J connectivity index is 1.79. The van der Waals surface area contributed by atoms with Crippen LogP contribution in [0.1, 0.15) is 28.9 Å². The molecule has 2 heterocycles. The summed E-state index contributed by atoms with van der Waals surface area (Å²) in [5.41, 5.74) is 2.04. The molecule has 2 aromatic rings. The van der Waals surface area contributed by atoms with E-state index in [2.05, 4.69) is 16.1 Å². The number of aromatic nitrogens is 2. The van der Waals surface area contributed by atoms with E-state index in [4.69, 9.17) is 28.5 Å². The molecule has 7 heteroatoms. The molecule has 0 amide bonds. The average Bonchev–Trinajstić information content (AvgIpc) is 3.01. The maximum Gasteiger partial charge on any atom is 0.170 e. The van der Waals surface area contributed by atoms with Crippen LogP contribution in [0.15, 0.2) is 24.4 Å². The molecule has 1 aromatic heterocycles. The molecular formula is C17H16Cl2N4O. The molecule has 0 atom stereocenters. The van der Waals surface area contributed by atoms with Crippen LogP contribution in [0.4, 0.5) is 0 Å². The van der Waals surface area contributed by atoms with Gasteiger partial charge < -0.3 is 0 Å². The fourth-order valence-electron chi connectivity index (χ4n) is 2.86. The largest absolute Gasteiger partial charge is 0.299 e. The standard InChI is InChI=1S/C17H16Cl2N4O/c18-15-2-1-14(7-16(15)19)23-10-13(17(11-24)21-23)9-22-5-3-12(8-20)4-6-22/h1-2,7,10-12H,3-6,9H2. The Morgan fingerprint density at radius 3 is 2.67 bits per heavy atom. The number of rotatable bonds is 4. The van der Waals surface area contributed by atoms with Crippen molar-refractivity contribution in [3.63, 3.8) is 0 Å². The molecule has 5 nitrogen and oxygen atoms in total. The summed E-state index contributed by atoms with van der Waals surface area (Å²) < 4.78 is 1.64. The molecule has 0 aliphatic carbocycles. The van der Waals surface area contributed by atoms with Crippen LogP contribution in [0.5, 0.6) is 0 Å². The number of nitriles is 1. The van der Waals surface area contributed by atoms with E-state index in [-0.39, 0.29) is 5.92 Å². The van der Waals surface area contributed by atoms with Crippen LogP contribution >= 0.6 is 23.2 Å². The second kappa shape index (κ2) is 7.35. The highest BCUT2D eigenvalue weighted by Crippen LogP contribution is 2.25. The summed E-state index contributed by atoms with van der Waals surface area (Å²) in [4.78, 5) is 13.6. The van der Waals surface area contributed by atoms with Crippen LogP contribution in [0, 0.1) is 17.2 Å². The molecule has 1 fully saturated rings. The predicted molar refractivity (Wildman–Crippen MR) is 92.6 cm³/mol. The summed E-state index contributed by atoms with van der Waals surface area (Å²) in [5.74, 6) is 0.144. The first-order valence-electron chi connectivity index (χ1n) is 7.72. The van der Waals surface area contributed by atoms with Gasteiger partial charge >= 0.3 is 0 Å². The summed E-state index contributed by atoms with van der Waals surface area (Å²) in [5, 5.41) is 14.2. The second-order valence-corrected chi connectivity index (χ2v) is 6.69. The average molecular weight is 363 g/mol. The number of hydrogen-bond acceptors (Lipinski definition) is 4. The number of nitrogens with zero attached hydrogens (tertiary/aromatic N) is 4. The number of benzene rings is 1. The highest BCUT2D eigenvalue weighted by Gasteiger charge is 2.20. The van der Waals surface area contributed by atoms with Crippen molar-refractivity contribution in [2.45, 2.75) is 19.4 Å². The Morgan fingerprint density at radius 2 is 2.04 bits per heavy atom. The first-order valence-corrected chi connectivity index (χ1v) is 8.47. The van der Waals surface area contributed by atoms with Gasteiger partial charge in [-0.25, -0.2) is 4.68 Å². The van der Waals surface area contributed by atoms with E-state index < -0.39 is 0 Å². The molecule has 124 valence electrons. The topological polar surface area (TPSA) is 61.9 Å². The Bertz CT molecular complexity index is 788. The first-order chi connectivity index (χ1) is 11.6. The zero-order chi connectivity index (χ0) is 17.1. The van der Waals surface area contributed by atoms with Crippen molar-refractivity contribution in [2.75, 3.05) is 13.1 Å². The Morgan fingerprint density at radius 1 is 1.29 bits per heavy atom. The van der Waals surface area contributed by atoms with Crippen LogP contribution in [-0.4, -0.2) is 34.1 Å². The fraction of sp³-hybridized carbons (Fsp3) is 0.353. The van der Waals surface area contributed by atoms with Gasteiger partial charge in [0.25, 0.3) is 0 Å². The van der Waals surface area contributed by atoms with Crippen molar-refractivity contribution < 1.29 is 4.79 Å². The highest BCUT2D eigenvalue weighted by atomic mass is 35.5. The van der Waals surface area contributed by atoms with E-state index in [0.717, 1.165) is 43.5 Å². The van der Waals surface area contributed by atoms with Crippen molar-refractivity contribution in [3.05, 3.63) is 45.7 Å². The van der Waals surface area contributed by atoms with Crippen molar-refractivity contribution >= 4 is 29.5 Å². The lowest BCUT2D eigenvalue weighted by molar-refractivity contribution is 0.111. The van der Waals surface area contributed by atoms with Crippen molar-refractivity contribution in [1.29, 1.82) is 5.26 Å². The number of aldehydes is 1. The fourth-order valence-corrected chi connectivity index (χ4v) is 3.16. The van der Waals surface area contributed by atoms with Gasteiger partial charge in [0.15, 0.2) is 6.29 Å². The summed E-state index contributed by atoms with van der Waals surface area (Å²) in [7, 11) is 0. The van der Waals surface area contributed by atoms with Gasteiger partial charge in [0, 0.05) is 24.2 Å². The molecule has 24 heavy (non-hydrogen) atoms. The Labute approximate surface area is 150 Å². The molecule has 0 saturated carbocycles. The molecule has 0 unspecified atom stereocenters. The van der Waals surface area contributed by atoms with E-state index >= 15 is 0 Å². The highest BCUT2D eigenvalue weighted by molar-refractivity contribution is 6.42. The quantitative estimate of drug-likeness (QED) is 0.777. The van der Waals surface area contributed by atoms with Gasteiger partial charge in [-0.2, -0.15) is 10.4 Å². The maximum absolute atomic E-state index is 11.3. The van der Waals surface area contributed by atoms with Gasteiger partial charge in [0.05, 0.1) is 21.8 Å². The van der Waals surface area contributed by atoms with Gasteiger partial charge in [-0.05, 0) is 44.1 Å². The minimum Gasteiger partial charge on any atom is -0.299 e. The number of hydrogen-bond donors (Lipinski definition) is 0. The molecule has 0 spiro atoms. The number of carbonyl (C=O) groups is 1. The number of halogens is 2. The molecule has 1 saturated heterocycles. The summed E-state index contributed by atoms with van der Waals surface area (Å²) in [6.07, 6.45) is 4.35. The van der Waals surface area contributed by atoms with Gasteiger partial charge in [0.1, 0.15) is 5.69 Å². The van der Waals surface area contributed by atoms with Gasteiger partial charge in [0.2, 0.25) is 0 Å². The Hall–Kier alpha value is -1.87. The van der Waals surface area contributed by atoms with Crippen LogP contribution in [0.2, 0.25) is 10.0 Å². The minimum absolute atomic E-state index is 0.144. The summed E-state index contributed by atoms with van der Waals surface area (Å²) >= 11 is 12.0. The summed E-state index contributed by atoms with van der Waals surface area (Å²) in [6, 6.07) is 7.55. The molecule has 1 aromatic carbocycles. The monoisotopic (exact) mass is 362 g/mol. The van der Waals surface area contributed by atoms with Crippen molar-refractivity contribution in [1.82, 2.24) is 14.7 Å². The van der Waals surface area contributed by atoms with Crippen LogP contribution < -0.4 is 0 Å². The number of carbonyl (C=O) groups excluding carboxylic acids is 1. The normalized spacial score (nSPS) is 16.0. The van der Waals surface area contributed by atoms with Gasteiger partial charge in [-0.3, -0.25) is 9.69 Å². The number of likely N-dealkylation sites (tertiary alicyclic amines) is 1. The molecular weight excluding hydrogens is 347 g/mol. The van der Waals surface area contributed by atoms with Crippen LogP contribution in [0.25, 0.3) is 5.69 Å². The predicted octanol–water partition coefficient (Wildman–Crippen LogP) is 3.73. The zero-order valence-corrected chi connectivity index (χ0v) is 14.5. The van der Waals surface area contributed by atoms with Crippen LogP contribution in [0.3, 0.4) is 0 Å². The second-order valence-electron chi connectivity index (χ2n) is 5.88.